The summed E-state index contributed by atoms with van der Waals surface area (Å²) in [6, 6.07) is 0. The second-order valence-electron chi connectivity index (χ2n) is 4.38. The van der Waals surface area contributed by atoms with Crippen molar-refractivity contribution >= 4 is 22.1 Å². The standard InChI is InChI=1S/C10H13N7S/c1-5(2)8-13-14-10-17(8)15-9(18-10)6-4-12-16(3)7(6)11/h4-5H,11H2,1-3H3. The smallest absolute Gasteiger partial charge is 0.234 e. The Morgan fingerprint density at radius 2 is 2.11 bits per heavy atom. The highest BCUT2D eigenvalue weighted by Gasteiger charge is 2.17. The van der Waals surface area contributed by atoms with Crippen LogP contribution in [-0.2, 0) is 7.05 Å². The van der Waals surface area contributed by atoms with Crippen LogP contribution in [0.15, 0.2) is 6.20 Å². The highest BCUT2D eigenvalue weighted by molar-refractivity contribution is 7.19. The normalized spacial score (nSPS) is 11.8. The van der Waals surface area contributed by atoms with Gasteiger partial charge < -0.3 is 5.73 Å². The van der Waals surface area contributed by atoms with Crippen molar-refractivity contribution in [1.29, 1.82) is 0 Å². The maximum Gasteiger partial charge on any atom is 0.234 e. The van der Waals surface area contributed by atoms with Crippen LogP contribution in [0.3, 0.4) is 0 Å². The maximum atomic E-state index is 5.94. The monoisotopic (exact) mass is 263 g/mol. The van der Waals surface area contributed by atoms with Gasteiger partial charge in [0.1, 0.15) is 5.82 Å². The SMILES string of the molecule is CC(C)c1nnc2sc(-c3cnn(C)c3N)nn12. The van der Waals surface area contributed by atoms with Gasteiger partial charge in [0.25, 0.3) is 0 Å². The Labute approximate surface area is 107 Å². The van der Waals surface area contributed by atoms with E-state index >= 15 is 0 Å². The Morgan fingerprint density at radius 1 is 1.33 bits per heavy atom. The molecule has 0 aliphatic carbocycles. The molecular formula is C10H13N7S. The molecule has 0 aromatic carbocycles. The van der Waals surface area contributed by atoms with Crippen molar-refractivity contribution in [3.05, 3.63) is 12.0 Å². The molecule has 0 spiro atoms. The molecule has 3 rings (SSSR count). The molecule has 3 aromatic heterocycles. The minimum atomic E-state index is 0.279. The van der Waals surface area contributed by atoms with Gasteiger partial charge >= 0.3 is 0 Å². The van der Waals surface area contributed by atoms with Crippen LogP contribution in [0.25, 0.3) is 15.5 Å². The van der Waals surface area contributed by atoms with Gasteiger partial charge in [0.15, 0.2) is 10.8 Å². The molecule has 0 saturated carbocycles. The number of hydrogen-bond donors (Lipinski definition) is 1. The third-order valence-corrected chi connectivity index (χ3v) is 3.68. The summed E-state index contributed by atoms with van der Waals surface area (Å²) in [4.78, 5) is 0.775. The zero-order valence-electron chi connectivity index (χ0n) is 10.3. The summed E-state index contributed by atoms with van der Waals surface area (Å²) in [6.07, 6.45) is 1.72. The topological polar surface area (TPSA) is 86.9 Å². The number of nitrogens with zero attached hydrogens (tertiary/aromatic N) is 6. The van der Waals surface area contributed by atoms with Gasteiger partial charge in [-0.2, -0.15) is 14.7 Å². The van der Waals surface area contributed by atoms with Gasteiger partial charge in [-0.05, 0) is 0 Å². The number of nitrogen functional groups attached to an aromatic ring is 1. The second kappa shape index (κ2) is 3.77. The lowest BCUT2D eigenvalue weighted by Gasteiger charge is -1.98. The first-order valence-electron chi connectivity index (χ1n) is 5.58. The molecule has 18 heavy (non-hydrogen) atoms. The molecule has 3 aromatic rings. The molecule has 7 nitrogen and oxygen atoms in total. The number of fused-ring (bicyclic) bond motifs is 1. The Kier molecular flexibility index (Phi) is 2.34. The highest BCUT2D eigenvalue weighted by atomic mass is 32.1. The molecule has 0 radical (unpaired) electrons. The van der Waals surface area contributed by atoms with Crippen molar-refractivity contribution in [1.82, 2.24) is 29.6 Å². The summed E-state index contributed by atoms with van der Waals surface area (Å²) >= 11 is 1.46. The second-order valence-corrected chi connectivity index (χ2v) is 5.34. The van der Waals surface area contributed by atoms with Crippen LogP contribution in [0.4, 0.5) is 5.82 Å². The molecule has 0 bridgehead atoms. The van der Waals surface area contributed by atoms with Gasteiger partial charge in [-0.1, -0.05) is 25.2 Å². The molecule has 0 aliphatic rings. The van der Waals surface area contributed by atoms with E-state index < -0.39 is 0 Å². The van der Waals surface area contributed by atoms with E-state index in [1.54, 1.807) is 22.4 Å². The highest BCUT2D eigenvalue weighted by Crippen LogP contribution is 2.30. The molecule has 2 N–H and O–H groups in total. The Bertz CT molecular complexity index is 705. The predicted octanol–water partition coefficient (Wildman–Crippen LogP) is 1.29. The van der Waals surface area contributed by atoms with Gasteiger partial charge in [-0.3, -0.25) is 4.68 Å². The van der Waals surface area contributed by atoms with Gasteiger partial charge in [-0.15, -0.1) is 10.2 Å². The molecule has 0 amide bonds. The van der Waals surface area contributed by atoms with Crippen molar-refractivity contribution < 1.29 is 0 Å². The van der Waals surface area contributed by atoms with Crippen LogP contribution < -0.4 is 5.73 Å². The van der Waals surface area contributed by atoms with E-state index in [1.807, 2.05) is 0 Å². The van der Waals surface area contributed by atoms with E-state index in [2.05, 4.69) is 34.2 Å². The Balaban J connectivity index is 2.17. The molecule has 3 heterocycles. The average molecular weight is 263 g/mol. The van der Waals surface area contributed by atoms with Crippen molar-refractivity contribution in [3.8, 4) is 10.6 Å². The lowest BCUT2D eigenvalue weighted by Crippen LogP contribution is -1.99. The maximum absolute atomic E-state index is 5.94. The first-order valence-corrected chi connectivity index (χ1v) is 6.39. The van der Waals surface area contributed by atoms with Gasteiger partial charge in [-0.25, -0.2) is 0 Å². The Morgan fingerprint density at radius 3 is 2.72 bits per heavy atom. The molecule has 0 saturated heterocycles. The van der Waals surface area contributed by atoms with Crippen LogP contribution in [0, 0.1) is 0 Å². The van der Waals surface area contributed by atoms with E-state index in [0.29, 0.717) is 5.82 Å². The molecule has 0 atom stereocenters. The number of anilines is 1. The quantitative estimate of drug-likeness (QED) is 0.752. The van der Waals surface area contributed by atoms with E-state index in [1.165, 1.54) is 11.3 Å². The zero-order chi connectivity index (χ0) is 12.9. The predicted molar refractivity (Wildman–Crippen MR) is 69.4 cm³/mol. The summed E-state index contributed by atoms with van der Waals surface area (Å²) < 4.78 is 3.40. The molecule has 0 fully saturated rings. The van der Waals surface area contributed by atoms with E-state index in [9.17, 15) is 0 Å². The van der Waals surface area contributed by atoms with Gasteiger partial charge in [0.2, 0.25) is 4.96 Å². The molecule has 8 heteroatoms. The van der Waals surface area contributed by atoms with Crippen molar-refractivity contribution in [2.45, 2.75) is 19.8 Å². The fraction of sp³-hybridized carbons (Fsp3) is 0.400. The lowest BCUT2D eigenvalue weighted by molar-refractivity contribution is 0.727. The van der Waals surface area contributed by atoms with E-state index in [0.717, 1.165) is 21.4 Å². The number of rotatable bonds is 2. The first kappa shape index (κ1) is 11.1. The molecular weight excluding hydrogens is 250 g/mol. The van der Waals surface area contributed by atoms with Crippen LogP contribution in [0.5, 0.6) is 0 Å². The van der Waals surface area contributed by atoms with E-state index in [4.69, 9.17) is 5.73 Å². The van der Waals surface area contributed by atoms with Crippen LogP contribution in [-0.4, -0.2) is 29.6 Å². The fourth-order valence-electron chi connectivity index (χ4n) is 1.71. The summed E-state index contributed by atoms with van der Waals surface area (Å²) in [7, 11) is 1.80. The van der Waals surface area contributed by atoms with Gasteiger partial charge in [0.05, 0.1) is 11.8 Å². The third-order valence-electron chi connectivity index (χ3n) is 2.75. The minimum Gasteiger partial charge on any atom is -0.383 e. The van der Waals surface area contributed by atoms with Crippen LogP contribution in [0.1, 0.15) is 25.6 Å². The van der Waals surface area contributed by atoms with Crippen molar-refractivity contribution in [2.75, 3.05) is 5.73 Å². The molecule has 0 aliphatic heterocycles. The molecule has 94 valence electrons. The molecule has 0 unspecified atom stereocenters. The zero-order valence-corrected chi connectivity index (χ0v) is 11.1. The van der Waals surface area contributed by atoms with Crippen molar-refractivity contribution in [2.24, 2.45) is 7.05 Å². The average Bonchev–Trinajstić information content (AvgIpc) is 2.94. The number of aromatic nitrogens is 6. The van der Waals surface area contributed by atoms with E-state index in [-0.39, 0.29) is 5.92 Å². The Hall–Kier alpha value is -1.96. The van der Waals surface area contributed by atoms with Crippen LogP contribution >= 0.6 is 11.3 Å². The largest absolute Gasteiger partial charge is 0.383 e. The first-order chi connectivity index (χ1) is 8.58. The summed E-state index contributed by atoms with van der Waals surface area (Å²) in [5.74, 6) is 1.74. The number of nitrogens with two attached hydrogens (primary N) is 1. The summed E-state index contributed by atoms with van der Waals surface area (Å²) in [5, 5.41) is 17.7. The summed E-state index contributed by atoms with van der Waals surface area (Å²) in [6.45, 7) is 4.13. The fourth-order valence-corrected chi connectivity index (χ4v) is 2.58. The minimum absolute atomic E-state index is 0.279. The number of hydrogen-bond acceptors (Lipinski definition) is 6. The summed E-state index contributed by atoms with van der Waals surface area (Å²) in [5.41, 5.74) is 6.78. The van der Waals surface area contributed by atoms with Crippen molar-refractivity contribution in [3.63, 3.8) is 0 Å². The van der Waals surface area contributed by atoms with Crippen LogP contribution in [0.2, 0.25) is 0 Å². The van der Waals surface area contributed by atoms with Gasteiger partial charge in [0, 0.05) is 13.0 Å². The number of aryl methyl sites for hydroxylation is 1. The lowest BCUT2D eigenvalue weighted by atomic mass is 10.2. The third kappa shape index (κ3) is 1.49.